The van der Waals surface area contributed by atoms with Gasteiger partial charge >= 0.3 is 5.69 Å². The molecule has 0 bridgehead atoms. The third kappa shape index (κ3) is 3.69. The highest BCUT2D eigenvalue weighted by atomic mass is 16.6. The number of carbonyl (C=O) groups is 1. The minimum Gasteiger partial charge on any atom is -0.502 e. The summed E-state index contributed by atoms with van der Waals surface area (Å²) in [6.07, 6.45) is 2.40. The molecule has 0 heterocycles. The van der Waals surface area contributed by atoms with Crippen LogP contribution in [0.1, 0.15) is 30.1 Å². The van der Waals surface area contributed by atoms with E-state index in [1.165, 1.54) is 25.0 Å². The maximum Gasteiger partial charge on any atom is 0.311 e. The largest absolute Gasteiger partial charge is 0.502 e. The first kappa shape index (κ1) is 15.2. The third-order valence-electron chi connectivity index (χ3n) is 3.61. The number of nitrogens with one attached hydrogen (secondary N) is 1. The first-order valence-corrected chi connectivity index (χ1v) is 7.03. The zero-order valence-corrected chi connectivity index (χ0v) is 11.9. The number of likely N-dealkylation sites (N-methyl/N-ethyl adjacent to an activating group) is 1. The molecular formula is C14H19N3O4. The molecule has 114 valence electrons. The van der Waals surface area contributed by atoms with Gasteiger partial charge in [-0.1, -0.05) is 13.0 Å². The number of amides is 1. The SMILES string of the molecule is CCN(CCNC(=O)c1cccc([N+](=O)[O-])c1O)C1CC1. The molecule has 1 aliphatic carbocycles. The second-order valence-electron chi connectivity index (χ2n) is 5.05. The minimum atomic E-state index is -0.710. The second kappa shape index (κ2) is 6.53. The van der Waals surface area contributed by atoms with Crippen LogP contribution in [0.15, 0.2) is 18.2 Å². The van der Waals surface area contributed by atoms with Crippen molar-refractivity contribution in [3.05, 3.63) is 33.9 Å². The van der Waals surface area contributed by atoms with Crippen LogP contribution in [-0.2, 0) is 0 Å². The number of phenolic OH excluding ortho intramolecular Hbond substituents is 1. The third-order valence-corrected chi connectivity index (χ3v) is 3.61. The van der Waals surface area contributed by atoms with Crippen LogP contribution >= 0.6 is 0 Å². The summed E-state index contributed by atoms with van der Waals surface area (Å²) >= 11 is 0. The topological polar surface area (TPSA) is 95.7 Å². The van der Waals surface area contributed by atoms with Crippen molar-refractivity contribution < 1.29 is 14.8 Å². The van der Waals surface area contributed by atoms with Gasteiger partial charge in [0.1, 0.15) is 0 Å². The minimum absolute atomic E-state index is 0.0707. The lowest BCUT2D eigenvalue weighted by Gasteiger charge is -2.19. The Bertz CT molecular complexity index is 543. The van der Waals surface area contributed by atoms with Crippen LogP contribution < -0.4 is 5.32 Å². The maximum atomic E-state index is 12.0. The Balaban J connectivity index is 1.94. The van der Waals surface area contributed by atoms with Crippen molar-refractivity contribution in [2.24, 2.45) is 0 Å². The first-order chi connectivity index (χ1) is 10.0. The van der Waals surface area contributed by atoms with Gasteiger partial charge < -0.3 is 10.4 Å². The standard InChI is InChI=1S/C14H19N3O4/c1-2-16(10-6-7-10)9-8-15-14(19)11-4-3-5-12(13(11)18)17(20)21/h3-5,10,18H,2,6-9H2,1H3,(H,15,19). The van der Waals surface area contributed by atoms with E-state index in [2.05, 4.69) is 17.1 Å². The normalized spacial score (nSPS) is 14.2. The number of para-hydroxylation sites is 1. The summed E-state index contributed by atoms with van der Waals surface area (Å²) in [5.74, 6) is -1.09. The van der Waals surface area contributed by atoms with Crippen molar-refractivity contribution in [3.8, 4) is 5.75 Å². The lowest BCUT2D eigenvalue weighted by molar-refractivity contribution is -0.385. The van der Waals surface area contributed by atoms with Crippen molar-refractivity contribution in [2.45, 2.75) is 25.8 Å². The zero-order valence-electron chi connectivity index (χ0n) is 11.9. The van der Waals surface area contributed by atoms with E-state index >= 15 is 0 Å². The van der Waals surface area contributed by atoms with Crippen molar-refractivity contribution in [1.82, 2.24) is 10.2 Å². The summed E-state index contributed by atoms with van der Waals surface area (Å²) < 4.78 is 0. The first-order valence-electron chi connectivity index (χ1n) is 7.03. The summed E-state index contributed by atoms with van der Waals surface area (Å²) in [6, 6.07) is 4.54. The molecule has 0 atom stereocenters. The number of phenols is 1. The van der Waals surface area contributed by atoms with Gasteiger partial charge in [-0.15, -0.1) is 0 Å². The summed E-state index contributed by atoms with van der Waals surface area (Å²) in [7, 11) is 0. The monoisotopic (exact) mass is 293 g/mol. The molecule has 0 unspecified atom stereocenters. The van der Waals surface area contributed by atoms with Gasteiger partial charge in [-0.25, -0.2) is 0 Å². The summed E-state index contributed by atoms with van der Waals surface area (Å²) in [6.45, 7) is 4.20. The van der Waals surface area contributed by atoms with Gasteiger partial charge in [0.15, 0.2) is 0 Å². The highest BCUT2D eigenvalue weighted by Gasteiger charge is 2.27. The molecule has 0 radical (unpaired) electrons. The maximum absolute atomic E-state index is 12.0. The number of benzene rings is 1. The number of nitro groups is 1. The van der Waals surface area contributed by atoms with Crippen LogP contribution in [0, 0.1) is 10.1 Å². The molecule has 7 heteroatoms. The Kier molecular flexibility index (Phi) is 4.74. The fourth-order valence-corrected chi connectivity index (χ4v) is 2.31. The van der Waals surface area contributed by atoms with Crippen molar-refractivity contribution in [1.29, 1.82) is 0 Å². The molecule has 0 aromatic heterocycles. The van der Waals surface area contributed by atoms with Gasteiger partial charge in [0, 0.05) is 25.2 Å². The Morgan fingerprint density at radius 2 is 2.24 bits per heavy atom. The molecule has 2 rings (SSSR count). The van der Waals surface area contributed by atoms with Crippen LogP contribution in [0.25, 0.3) is 0 Å². The fraction of sp³-hybridized carbons (Fsp3) is 0.500. The van der Waals surface area contributed by atoms with Crippen molar-refractivity contribution in [3.63, 3.8) is 0 Å². The van der Waals surface area contributed by atoms with E-state index in [1.807, 2.05) is 0 Å². The van der Waals surface area contributed by atoms with Gasteiger partial charge in [0.05, 0.1) is 10.5 Å². The molecular weight excluding hydrogens is 274 g/mol. The van der Waals surface area contributed by atoms with E-state index in [9.17, 15) is 20.0 Å². The van der Waals surface area contributed by atoms with E-state index in [0.29, 0.717) is 12.6 Å². The van der Waals surface area contributed by atoms with Crippen LogP contribution in [-0.4, -0.2) is 46.5 Å². The Hall–Kier alpha value is -2.15. The molecule has 0 aliphatic heterocycles. The van der Waals surface area contributed by atoms with E-state index in [-0.39, 0.29) is 5.56 Å². The quantitative estimate of drug-likeness (QED) is 0.587. The molecule has 1 saturated carbocycles. The second-order valence-corrected chi connectivity index (χ2v) is 5.05. The number of hydrogen-bond acceptors (Lipinski definition) is 5. The highest BCUT2D eigenvalue weighted by Crippen LogP contribution is 2.29. The van der Waals surface area contributed by atoms with Crippen LogP contribution in [0.2, 0.25) is 0 Å². The Morgan fingerprint density at radius 3 is 2.81 bits per heavy atom. The van der Waals surface area contributed by atoms with E-state index in [4.69, 9.17) is 0 Å². The summed E-state index contributed by atoms with van der Waals surface area (Å²) in [5, 5.41) is 23.2. The van der Waals surface area contributed by atoms with E-state index in [0.717, 1.165) is 19.2 Å². The van der Waals surface area contributed by atoms with Crippen LogP contribution in [0.3, 0.4) is 0 Å². The summed E-state index contributed by atoms with van der Waals surface area (Å²) in [5.41, 5.74) is -0.533. The molecule has 7 nitrogen and oxygen atoms in total. The van der Waals surface area contributed by atoms with E-state index < -0.39 is 22.3 Å². The number of aromatic hydroxyl groups is 1. The van der Waals surface area contributed by atoms with Gasteiger partial charge in [0.2, 0.25) is 5.75 Å². The molecule has 2 N–H and O–H groups in total. The fourth-order valence-electron chi connectivity index (χ4n) is 2.31. The smallest absolute Gasteiger partial charge is 0.311 e. The molecule has 1 fully saturated rings. The summed E-state index contributed by atoms with van der Waals surface area (Å²) in [4.78, 5) is 24.3. The van der Waals surface area contributed by atoms with Crippen LogP contribution in [0.5, 0.6) is 5.75 Å². The molecule has 0 saturated heterocycles. The average Bonchev–Trinajstić information content (AvgIpc) is 3.27. The predicted octanol–water partition coefficient (Wildman–Crippen LogP) is 1.51. The lowest BCUT2D eigenvalue weighted by atomic mass is 10.1. The molecule has 0 spiro atoms. The predicted molar refractivity (Wildman–Crippen MR) is 77.4 cm³/mol. The highest BCUT2D eigenvalue weighted by molar-refractivity contribution is 5.98. The molecule has 1 aliphatic rings. The van der Waals surface area contributed by atoms with Gasteiger partial charge in [0.25, 0.3) is 5.91 Å². The van der Waals surface area contributed by atoms with Gasteiger partial charge in [-0.3, -0.25) is 19.8 Å². The number of nitrogens with zero attached hydrogens (tertiary/aromatic N) is 2. The number of rotatable bonds is 7. The Labute approximate surface area is 122 Å². The lowest BCUT2D eigenvalue weighted by Crippen LogP contribution is -2.36. The molecule has 1 aromatic carbocycles. The number of nitro benzene ring substituents is 1. The Morgan fingerprint density at radius 1 is 1.52 bits per heavy atom. The molecule has 1 aromatic rings. The van der Waals surface area contributed by atoms with E-state index in [1.54, 1.807) is 0 Å². The molecule has 1 amide bonds. The van der Waals surface area contributed by atoms with Crippen molar-refractivity contribution >= 4 is 11.6 Å². The molecule has 21 heavy (non-hydrogen) atoms. The van der Waals surface area contributed by atoms with Gasteiger partial charge in [-0.05, 0) is 25.5 Å². The van der Waals surface area contributed by atoms with Crippen molar-refractivity contribution in [2.75, 3.05) is 19.6 Å². The number of carbonyl (C=O) groups excluding carboxylic acids is 1. The zero-order chi connectivity index (χ0) is 15.4. The van der Waals surface area contributed by atoms with Crippen LogP contribution in [0.4, 0.5) is 5.69 Å². The van der Waals surface area contributed by atoms with Gasteiger partial charge in [-0.2, -0.15) is 0 Å². The number of hydrogen-bond donors (Lipinski definition) is 2. The average molecular weight is 293 g/mol.